The zero-order valence-corrected chi connectivity index (χ0v) is 13.9. The number of methoxy groups -OCH3 is 1. The fraction of sp³-hybridized carbons (Fsp3) is 0.267. The fourth-order valence-corrected chi connectivity index (χ4v) is 2.90. The van der Waals surface area contributed by atoms with Crippen molar-refractivity contribution in [1.29, 1.82) is 0 Å². The Hall–Kier alpha value is -1.07. The van der Waals surface area contributed by atoms with Gasteiger partial charge in [0.15, 0.2) is 0 Å². The lowest BCUT2D eigenvalue weighted by Crippen LogP contribution is -2.31. The maximum atomic E-state index is 11.9. The van der Waals surface area contributed by atoms with Crippen LogP contribution in [0.15, 0.2) is 41.8 Å². The molecule has 0 aliphatic carbocycles. The summed E-state index contributed by atoms with van der Waals surface area (Å²) >= 11 is 7.86. The number of rotatable bonds is 6. The van der Waals surface area contributed by atoms with Crippen LogP contribution in [0.1, 0.15) is 16.5 Å². The van der Waals surface area contributed by atoms with E-state index in [0.29, 0.717) is 11.6 Å². The van der Waals surface area contributed by atoms with Crippen LogP contribution in [0.25, 0.3) is 0 Å². The molecule has 0 saturated carbocycles. The summed E-state index contributed by atoms with van der Waals surface area (Å²) in [4.78, 5) is 13.2. The summed E-state index contributed by atoms with van der Waals surface area (Å²) in [5.41, 5.74) is 0.743. The third-order valence-electron chi connectivity index (χ3n) is 2.95. The predicted molar refractivity (Wildman–Crippen MR) is 89.5 cm³/mol. The molecule has 0 fully saturated rings. The molecule has 21 heavy (non-hydrogen) atoms. The minimum atomic E-state index is -0.534. The van der Waals surface area contributed by atoms with Gasteiger partial charge < -0.3 is 10.1 Å². The second-order valence-corrected chi connectivity index (χ2v) is 5.70. The Morgan fingerprint density at radius 2 is 2.10 bits per heavy atom. The summed E-state index contributed by atoms with van der Waals surface area (Å²) in [6, 6.07) is 10.9. The second kappa shape index (κ2) is 9.05. The maximum Gasteiger partial charge on any atom is 0.327 e. The lowest BCUT2D eigenvalue weighted by molar-refractivity contribution is -0.143. The molecule has 1 aromatic heterocycles. The molecule has 0 aliphatic rings. The van der Waals surface area contributed by atoms with Crippen LogP contribution in [0.3, 0.4) is 0 Å². The molecule has 6 heteroatoms. The van der Waals surface area contributed by atoms with E-state index in [1.54, 1.807) is 17.4 Å². The third kappa shape index (κ3) is 5.00. The van der Waals surface area contributed by atoms with E-state index in [-0.39, 0.29) is 18.4 Å². The topological polar surface area (TPSA) is 38.3 Å². The summed E-state index contributed by atoms with van der Waals surface area (Å²) < 4.78 is 4.85. The molecule has 1 N–H and O–H groups in total. The standard InChI is InChI=1S/C15H16ClNO2S.ClH/c1-19-15(18)14(12-6-2-3-7-13(12)16)17-9-8-11-5-4-10-20-11;/h2-7,10,14,17H,8-9H2,1H3;1H. The quantitative estimate of drug-likeness (QED) is 0.807. The fourth-order valence-electron chi connectivity index (χ4n) is 1.94. The van der Waals surface area contributed by atoms with Gasteiger partial charge >= 0.3 is 5.97 Å². The Bertz CT molecular complexity index is 561. The molecule has 0 spiro atoms. The van der Waals surface area contributed by atoms with Gasteiger partial charge in [0, 0.05) is 16.4 Å². The van der Waals surface area contributed by atoms with E-state index in [2.05, 4.69) is 11.4 Å². The zero-order chi connectivity index (χ0) is 14.4. The van der Waals surface area contributed by atoms with Crippen molar-refractivity contribution in [3.8, 4) is 0 Å². The van der Waals surface area contributed by atoms with Gasteiger partial charge in [-0.25, -0.2) is 4.79 Å². The molecule has 0 amide bonds. The van der Waals surface area contributed by atoms with E-state index < -0.39 is 6.04 Å². The van der Waals surface area contributed by atoms with Crippen LogP contribution < -0.4 is 5.32 Å². The minimum absolute atomic E-state index is 0. The van der Waals surface area contributed by atoms with E-state index in [1.807, 2.05) is 29.6 Å². The van der Waals surface area contributed by atoms with Gasteiger partial charge in [-0.05, 0) is 29.5 Å². The molecule has 2 aromatic rings. The van der Waals surface area contributed by atoms with E-state index in [1.165, 1.54) is 12.0 Å². The van der Waals surface area contributed by atoms with Crippen LogP contribution in [0.2, 0.25) is 5.02 Å². The Morgan fingerprint density at radius 1 is 1.33 bits per heavy atom. The van der Waals surface area contributed by atoms with Gasteiger partial charge in [-0.2, -0.15) is 0 Å². The summed E-state index contributed by atoms with van der Waals surface area (Å²) in [6.45, 7) is 0.686. The van der Waals surface area contributed by atoms with Gasteiger partial charge in [0.25, 0.3) is 0 Å². The molecule has 0 bridgehead atoms. The minimum Gasteiger partial charge on any atom is -0.468 e. The van der Waals surface area contributed by atoms with Gasteiger partial charge in [0.2, 0.25) is 0 Å². The summed E-state index contributed by atoms with van der Waals surface area (Å²) in [6.07, 6.45) is 0.871. The molecular weight excluding hydrogens is 329 g/mol. The number of halogens is 2. The van der Waals surface area contributed by atoms with E-state index in [9.17, 15) is 4.79 Å². The Morgan fingerprint density at radius 3 is 2.71 bits per heavy atom. The number of hydrogen-bond acceptors (Lipinski definition) is 4. The highest BCUT2D eigenvalue weighted by molar-refractivity contribution is 7.09. The van der Waals surface area contributed by atoms with Crippen molar-refractivity contribution < 1.29 is 9.53 Å². The molecule has 0 aliphatic heterocycles. The first-order chi connectivity index (χ1) is 9.72. The number of benzene rings is 1. The number of ether oxygens (including phenoxy) is 1. The Kier molecular flexibility index (Phi) is 7.75. The van der Waals surface area contributed by atoms with Gasteiger partial charge in [0.05, 0.1) is 7.11 Å². The maximum absolute atomic E-state index is 11.9. The first kappa shape index (κ1) is 18.0. The zero-order valence-electron chi connectivity index (χ0n) is 11.5. The number of esters is 1. The van der Waals surface area contributed by atoms with Crippen LogP contribution >= 0.6 is 35.3 Å². The average molecular weight is 346 g/mol. The highest BCUT2D eigenvalue weighted by Gasteiger charge is 2.22. The van der Waals surface area contributed by atoms with Gasteiger partial charge in [-0.1, -0.05) is 35.9 Å². The number of carbonyl (C=O) groups is 1. The van der Waals surface area contributed by atoms with Crippen molar-refractivity contribution in [1.82, 2.24) is 5.32 Å². The largest absolute Gasteiger partial charge is 0.468 e. The Balaban J connectivity index is 0.00000220. The lowest BCUT2D eigenvalue weighted by Gasteiger charge is -2.17. The van der Waals surface area contributed by atoms with Crippen molar-refractivity contribution in [3.63, 3.8) is 0 Å². The molecule has 3 nitrogen and oxygen atoms in total. The van der Waals surface area contributed by atoms with Crippen LogP contribution in [-0.4, -0.2) is 19.6 Å². The molecule has 1 aromatic carbocycles. The van der Waals surface area contributed by atoms with Gasteiger partial charge in [-0.15, -0.1) is 23.7 Å². The number of thiophene rings is 1. The first-order valence-electron chi connectivity index (χ1n) is 6.30. The number of nitrogens with one attached hydrogen (secondary N) is 1. The van der Waals surface area contributed by atoms with Crippen molar-refractivity contribution in [2.24, 2.45) is 0 Å². The normalized spacial score (nSPS) is 11.5. The van der Waals surface area contributed by atoms with Gasteiger partial charge in [-0.3, -0.25) is 0 Å². The third-order valence-corrected chi connectivity index (χ3v) is 4.23. The number of carbonyl (C=O) groups excluding carboxylic acids is 1. The molecule has 114 valence electrons. The molecule has 0 radical (unpaired) electrons. The predicted octanol–water partition coefficient (Wildman–Crippen LogP) is 3.87. The average Bonchev–Trinajstić information content (AvgIpc) is 2.97. The SMILES string of the molecule is COC(=O)C(NCCc1cccs1)c1ccccc1Cl.Cl. The second-order valence-electron chi connectivity index (χ2n) is 4.26. The van der Waals surface area contributed by atoms with E-state index in [4.69, 9.17) is 16.3 Å². The van der Waals surface area contributed by atoms with E-state index in [0.717, 1.165) is 12.0 Å². The molecular formula is C15H17Cl2NO2S. The van der Waals surface area contributed by atoms with E-state index >= 15 is 0 Å². The summed E-state index contributed by atoms with van der Waals surface area (Å²) in [5, 5.41) is 5.82. The highest BCUT2D eigenvalue weighted by atomic mass is 35.5. The Labute approximate surface area is 139 Å². The summed E-state index contributed by atoms with van der Waals surface area (Å²) in [7, 11) is 1.38. The van der Waals surface area contributed by atoms with Crippen LogP contribution in [0, 0.1) is 0 Å². The number of hydrogen-bond donors (Lipinski definition) is 1. The van der Waals surface area contributed by atoms with Crippen LogP contribution in [-0.2, 0) is 16.0 Å². The van der Waals surface area contributed by atoms with Crippen LogP contribution in [0.5, 0.6) is 0 Å². The van der Waals surface area contributed by atoms with Crippen molar-refractivity contribution >= 4 is 41.3 Å². The van der Waals surface area contributed by atoms with Crippen LogP contribution in [0.4, 0.5) is 0 Å². The lowest BCUT2D eigenvalue weighted by atomic mass is 10.1. The molecule has 1 heterocycles. The summed E-state index contributed by atoms with van der Waals surface area (Å²) in [5.74, 6) is -0.329. The first-order valence-corrected chi connectivity index (χ1v) is 7.56. The molecule has 2 rings (SSSR count). The monoisotopic (exact) mass is 345 g/mol. The van der Waals surface area contributed by atoms with Gasteiger partial charge in [0.1, 0.15) is 6.04 Å². The van der Waals surface area contributed by atoms with Crippen molar-refractivity contribution in [2.75, 3.05) is 13.7 Å². The molecule has 0 saturated heterocycles. The van der Waals surface area contributed by atoms with Crippen molar-refractivity contribution in [2.45, 2.75) is 12.5 Å². The molecule has 1 unspecified atom stereocenters. The van der Waals surface area contributed by atoms with Crippen molar-refractivity contribution in [3.05, 3.63) is 57.2 Å². The highest BCUT2D eigenvalue weighted by Crippen LogP contribution is 2.23. The molecule has 1 atom stereocenters. The smallest absolute Gasteiger partial charge is 0.327 e.